The zero-order valence-corrected chi connectivity index (χ0v) is 13.2. The van der Waals surface area contributed by atoms with Crippen LogP contribution in [0.5, 0.6) is 0 Å². The standard InChI is InChI=1S/C16H23BFNO2/c1-15(2)16(3,4)21-17(20-15)13-8-5-11(9-14(13)18)10-19-12-6-7-12/h5,8-9,12,19H,6-7,10H2,1-4H3. The predicted molar refractivity (Wildman–Crippen MR) is 82.0 cm³/mol. The molecule has 0 amide bonds. The van der Waals surface area contributed by atoms with E-state index in [1.54, 1.807) is 12.1 Å². The quantitative estimate of drug-likeness (QED) is 0.864. The van der Waals surface area contributed by atoms with Gasteiger partial charge in [0.15, 0.2) is 0 Å². The van der Waals surface area contributed by atoms with Crippen molar-refractivity contribution < 1.29 is 13.7 Å². The van der Waals surface area contributed by atoms with Crippen molar-refractivity contribution in [2.75, 3.05) is 0 Å². The molecule has 0 bridgehead atoms. The van der Waals surface area contributed by atoms with E-state index in [1.165, 1.54) is 12.8 Å². The lowest BCUT2D eigenvalue weighted by Gasteiger charge is -2.32. The topological polar surface area (TPSA) is 30.5 Å². The van der Waals surface area contributed by atoms with Gasteiger partial charge in [0.05, 0.1) is 11.2 Å². The van der Waals surface area contributed by atoms with Gasteiger partial charge in [0, 0.05) is 18.0 Å². The van der Waals surface area contributed by atoms with Gasteiger partial charge < -0.3 is 14.6 Å². The summed E-state index contributed by atoms with van der Waals surface area (Å²) in [5, 5.41) is 3.39. The number of benzene rings is 1. The Kier molecular flexibility index (Phi) is 3.63. The third-order valence-corrected chi connectivity index (χ3v) is 4.74. The molecular formula is C16H23BFNO2. The summed E-state index contributed by atoms with van der Waals surface area (Å²) in [6, 6.07) is 5.92. The largest absolute Gasteiger partial charge is 0.497 e. The van der Waals surface area contributed by atoms with Crippen molar-refractivity contribution in [1.29, 1.82) is 0 Å². The van der Waals surface area contributed by atoms with Gasteiger partial charge in [0.1, 0.15) is 5.82 Å². The molecule has 1 aromatic carbocycles. The second-order valence-corrected chi connectivity index (χ2v) is 7.10. The first-order valence-electron chi connectivity index (χ1n) is 7.66. The fraction of sp³-hybridized carbons (Fsp3) is 0.625. The molecule has 0 unspecified atom stereocenters. The molecule has 1 aliphatic heterocycles. The summed E-state index contributed by atoms with van der Waals surface area (Å²) >= 11 is 0. The van der Waals surface area contributed by atoms with E-state index in [2.05, 4.69) is 5.32 Å². The second kappa shape index (κ2) is 5.08. The van der Waals surface area contributed by atoms with Crippen LogP contribution in [-0.4, -0.2) is 24.4 Å². The molecule has 0 atom stereocenters. The van der Waals surface area contributed by atoms with Crippen molar-refractivity contribution in [2.45, 2.75) is 64.3 Å². The normalized spacial score (nSPS) is 23.6. The summed E-state index contributed by atoms with van der Waals surface area (Å²) in [7, 11) is -0.638. The molecule has 1 heterocycles. The van der Waals surface area contributed by atoms with E-state index in [-0.39, 0.29) is 5.82 Å². The zero-order valence-electron chi connectivity index (χ0n) is 13.2. The molecule has 5 heteroatoms. The summed E-state index contributed by atoms with van der Waals surface area (Å²) in [5.74, 6) is -0.261. The molecule has 3 nitrogen and oxygen atoms in total. The van der Waals surface area contributed by atoms with Crippen LogP contribution in [0.4, 0.5) is 4.39 Å². The molecule has 1 aromatic rings. The fourth-order valence-electron chi connectivity index (χ4n) is 2.39. The average Bonchev–Trinajstić information content (AvgIpc) is 3.15. The van der Waals surface area contributed by atoms with Crippen LogP contribution < -0.4 is 10.8 Å². The van der Waals surface area contributed by atoms with E-state index in [9.17, 15) is 4.39 Å². The van der Waals surface area contributed by atoms with Crippen LogP contribution in [0, 0.1) is 5.82 Å². The number of halogens is 1. The molecule has 2 fully saturated rings. The molecule has 114 valence electrons. The number of rotatable bonds is 4. The Balaban J connectivity index is 1.74. The molecule has 1 N–H and O–H groups in total. The Morgan fingerprint density at radius 1 is 1.19 bits per heavy atom. The molecule has 1 saturated heterocycles. The van der Waals surface area contributed by atoms with E-state index in [0.717, 1.165) is 5.56 Å². The van der Waals surface area contributed by atoms with Crippen LogP contribution in [0.3, 0.4) is 0 Å². The molecule has 2 aliphatic rings. The lowest BCUT2D eigenvalue weighted by atomic mass is 9.78. The van der Waals surface area contributed by atoms with Crippen molar-refractivity contribution in [3.63, 3.8) is 0 Å². The summed E-state index contributed by atoms with van der Waals surface area (Å²) in [6.07, 6.45) is 2.46. The Hall–Kier alpha value is -0.905. The van der Waals surface area contributed by atoms with Crippen molar-refractivity contribution >= 4 is 12.6 Å². The van der Waals surface area contributed by atoms with Gasteiger partial charge in [0.25, 0.3) is 0 Å². The number of hydrogen-bond acceptors (Lipinski definition) is 3. The van der Waals surface area contributed by atoms with Crippen molar-refractivity contribution in [2.24, 2.45) is 0 Å². The first kappa shape index (κ1) is 15.0. The molecular weight excluding hydrogens is 268 g/mol. The smallest absolute Gasteiger partial charge is 0.399 e. The molecule has 1 aliphatic carbocycles. The zero-order chi connectivity index (χ0) is 15.3. The minimum Gasteiger partial charge on any atom is -0.399 e. The highest BCUT2D eigenvalue weighted by Crippen LogP contribution is 2.36. The summed E-state index contributed by atoms with van der Waals surface area (Å²) in [5.41, 5.74) is 0.538. The number of nitrogens with one attached hydrogen (secondary N) is 1. The van der Waals surface area contributed by atoms with Crippen LogP contribution in [-0.2, 0) is 15.9 Å². The minimum atomic E-state index is -0.638. The predicted octanol–water partition coefficient (Wildman–Crippen LogP) is 2.38. The van der Waals surface area contributed by atoms with Crippen molar-refractivity contribution in [3.05, 3.63) is 29.6 Å². The third kappa shape index (κ3) is 3.00. The Morgan fingerprint density at radius 2 is 1.81 bits per heavy atom. The minimum absolute atomic E-state index is 0.261. The van der Waals surface area contributed by atoms with E-state index in [1.807, 2.05) is 33.8 Å². The fourth-order valence-corrected chi connectivity index (χ4v) is 2.39. The van der Waals surface area contributed by atoms with Crippen LogP contribution in [0.15, 0.2) is 18.2 Å². The highest BCUT2D eigenvalue weighted by atomic mass is 19.1. The summed E-state index contributed by atoms with van der Waals surface area (Å²) < 4.78 is 26.2. The Morgan fingerprint density at radius 3 is 2.33 bits per heavy atom. The van der Waals surface area contributed by atoms with Crippen molar-refractivity contribution in [1.82, 2.24) is 5.32 Å². The average molecular weight is 291 g/mol. The van der Waals surface area contributed by atoms with Gasteiger partial charge in [-0.2, -0.15) is 0 Å². The van der Waals surface area contributed by atoms with Gasteiger partial charge in [-0.25, -0.2) is 4.39 Å². The maximum Gasteiger partial charge on any atom is 0.497 e. The van der Waals surface area contributed by atoms with Crippen molar-refractivity contribution in [3.8, 4) is 0 Å². The SMILES string of the molecule is CC1(C)OB(c2ccc(CNC3CC3)cc2F)OC1(C)C. The van der Waals surface area contributed by atoms with E-state index >= 15 is 0 Å². The maximum atomic E-state index is 14.4. The summed E-state index contributed by atoms with van der Waals surface area (Å²) in [4.78, 5) is 0. The van der Waals surface area contributed by atoms with E-state index in [4.69, 9.17) is 9.31 Å². The number of hydrogen-bond donors (Lipinski definition) is 1. The van der Waals surface area contributed by atoms with E-state index in [0.29, 0.717) is 18.0 Å². The lowest BCUT2D eigenvalue weighted by Crippen LogP contribution is -2.41. The molecule has 0 aromatic heterocycles. The van der Waals surface area contributed by atoms with Crippen LogP contribution in [0.25, 0.3) is 0 Å². The summed E-state index contributed by atoms with van der Waals surface area (Å²) in [6.45, 7) is 8.60. The second-order valence-electron chi connectivity index (χ2n) is 7.10. The molecule has 0 radical (unpaired) electrons. The van der Waals surface area contributed by atoms with Gasteiger partial charge in [-0.15, -0.1) is 0 Å². The van der Waals surface area contributed by atoms with Crippen LogP contribution in [0.1, 0.15) is 46.1 Å². The van der Waals surface area contributed by atoms with Gasteiger partial charge >= 0.3 is 7.12 Å². The lowest BCUT2D eigenvalue weighted by molar-refractivity contribution is 0.00578. The van der Waals surface area contributed by atoms with Gasteiger partial charge in [-0.05, 0) is 52.2 Å². The molecule has 21 heavy (non-hydrogen) atoms. The van der Waals surface area contributed by atoms with Gasteiger partial charge in [0.2, 0.25) is 0 Å². The first-order valence-corrected chi connectivity index (χ1v) is 7.66. The molecule has 0 spiro atoms. The van der Waals surface area contributed by atoms with Gasteiger partial charge in [-0.3, -0.25) is 0 Å². The monoisotopic (exact) mass is 291 g/mol. The van der Waals surface area contributed by atoms with Crippen LogP contribution in [0.2, 0.25) is 0 Å². The Labute approximate surface area is 126 Å². The molecule has 1 saturated carbocycles. The maximum absolute atomic E-state index is 14.4. The Bertz CT molecular complexity index is 527. The van der Waals surface area contributed by atoms with E-state index < -0.39 is 18.3 Å². The van der Waals surface area contributed by atoms with Crippen LogP contribution >= 0.6 is 0 Å². The molecule has 3 rings (SSSR count). The first-order chi connectivity index (χ1) is 9.78. The highest BCUT2D eigenvalue weighted by Gasteiger charge is 2.52. The third-order valence-electron chi connectivity index (χ3n) is 4.74. The van der Waals surface area contributed by atoms with Gasteiger partial charge in [-0.1, -0.05) is 12.1 Å². The highest BCUT2D eigenvalue weighted by molar-refractivity contribution is 6.62.